The molecular weight excluding hydrogens is 1100 g/mol. The molecule has 10 rings (SSSR count). The molecule has 1 fully saturated rings. The number of hydrogen-bond donors (Lipinski definition) is 0. The van der Waals surface area contributed by atoms with E-state index in [0.717, 1.165) is 145 Å². The summed E-state index contributed by atoms with van der Waals surface area (Å²) >= 11 is 0. The van der Waals surface area contributed by atoms with Crippen molar-refractivity contribution >= 4 is 61.5 Å². The molecule has 0 N–H and O–H groups in total. The molecule has 0 radical (unpaired) electrons. The quantitative estimate of drug-likeness (QED) is 0.0101. The molecular formula is C73H76N2O12. The van der Waals surface area contributed by atoms with Gasteiger partial charge in [-0.05, 0) is 226 Å². The Balaban J connectivity index is 0.748. The van der Waals surface area contributed by atoms with Crippen molar-refractivity contribution in [2.45, 2.75) is 104 Å². The lowest BCUT2D eigenvalue weighted by molar-refractivity contribution is -0.140. The van der Waals surface area contributed by atoms with Gasteiger partial charge in [0.25, 0.3) is 0 Å². The fraction of sp³-hybridized carbons (Fsp3) is 0.329. The van der Waals surface area contributed by atoms with Gasteiger partial charge in [-0.25, -0.2) is 19.6 Å². The first-order valence-electron chi connectivity index (χ1n) is 30.5. The smallest absolute Gasteiger partial charge is 0.330 e. The van der Waals surface area contributed by atoms with E-state index in [1.807, 2.05) is 103 Å². The number of fused-ring (bicyclic) bond motifs is 7. The third-order valence-corrected chi connectivity index (χ3v) is 15.7. The van der Waals surface area contributed by atoms with Crippen LogP contribution in [-0.2, 0) is 37.1 Å². The number of carbonyl (C=O) groups excluding carboxylic acids is 3. The van der Waals surface area contributed by atoms with Gasteiger partial charge < -0.3 is 42.6 Å². The van der Waals surface area contributed by atoms with E-state index < -0.39 is 0 Å². The van der Waals surface area contributed by atoms with Crippen LogP contribution in [0.3, 0.4) is 0 Å². The third-order valence-electron chi connectivity index (χ3n) is 15.7. The van der Waals surface area contributed by atoms with Crippen molar-refractivity contribution in [2.75, 3.05) is 33.0 Å². The van der Waals surface area contributed by atoms with E-state index >= 15 is 0 Å². The number of unbranched alkanes of at least 4 members (excludes halogenated alkanes) is 6. The number of aromatic nitrogens is 2. The van der Waals surface area contributed by atoms with Gasteiger partial charge in [0, 0.05) is 29.0 Å². The molecule has 7 aromatic carbocycles. The zero-order chi connectivity index (χ0) is 60.2. The molecule has 0 amide bonds. The monoisotopic (exact) mass is 1170 g/mol. The van der Waals surface area contributed by atoms with E-state index in [1.165, 1.54) is 12.2 Å². The topological polar surface area (TPSA) is 160 Å². The molecule has 0 saturated heterocycles. The maximum Gasteiger partial charge on any atom is 0.330 e. The molecule has 450 valence electrons. The second-order valence-electron chi connectivity index (χ2n) is 22.3. The summed E-state index contributed by atoms with van der Waals surface area (Å²) in [6.07, 6.45) is 20.1. The molecule has 0 bridgehead atoms. The van der Waals surface area contributed by atoms with Crippen LogP contribution < -0.4 is 33.2 Å². The predicted octanol–water partition coefficient (Wildman–Crippen LogP) is 16.2. The normalized spacial score (nSPS) is 15.6. The van der Waals surface area contributed by atoms with Crippen LogP contribution in [0.15, 0.2) is 177 Å². The summed E-state index contributed by atoms with van der Waals surface area (Å²) in [4.78, 5) is 46.8. The zero-order valence-corrected chi connectivity index (χ0v) is 49.6. The van der Waals surface area contributed by atoms with Gasteiger partial charge in [-0.1, -0.05) is 50.4 Å². The Bertz CT molecular complexity index is 3720. The molecule has 0 aliphatic heterocycles. The van der Waals surface area contributed by atoms with E-state index in [9.17, 15) is 14.4 Å². The maximum absolute atomic E-state index is 13.9. The average Bonchev–Trinajstić information content (AvgIpc) is 0.837. The highest BCUT2D eigenvalue weighted by Crippen LogP contribution is 2.39. The lowest BCUT2D eigenvalue weighted by atomic mass is 9.82. The van der Waals surface area contributed by atoms with Gasteiger partial charge in [-0.15, -0.1) is 0 Å². The van der Waals surface area contributed by atoms with Crippen molar-refractivity contribution in [3.05, 3.63) is 188 Å². The summed E-state index contributed by atoms with van der Waals surface area (Å²) in [7, 11) is 0. The zero-order valence-electron chi connectivity index (χ0n) is 49.6. The lowest BCUT2D eigenvalue weighted by Crippen LogP contribution is -2.27. The Kier molecular flexibility index (Phi) is 21.5. The number of carbonyl (C=O) groups is 3. The molecule has 1 aromatic heterocycles. The number of rotatable bonds is 31. The van der Waals surface area contributed by atoms with Crippen LogP contribution >= 0.6 is 0 Å². The number of allylic oxidation sites excluding steroid dienone is 3. The standard InChI is InChI=1S/C73H76N2O12/c1-4-69(76)81-42-12-8-6-10-40-79-55-26-30-57(31-27-55)83-47-51-16-18-52(19-17-51)49-85-60-34-37-63-64-38-35-61(45-66(64)72-71(65(63)44-60)74-67-39-36-62(46-68(67)75-72)86-59-24-14-50(3)15-25-59)87-73(78)54-22-20-53(21-23-54)48-84-58-32-28-56(29-33-58)80-41-11-7-9-13-43-82-70(77)5-2/h4-5,14,16-19,24-39,44-46,50,53-54H,1-2,6-13,15,20-23,40-43,47-49H2,3H3. The first kappa shape index (κ1) is 60.9. The molecule has 14 nitrogen and oxygen atoms in total. The lowest BCUT2D eigenvalue weighted by Gasteiger charge is -2.27. The number of benzene rings is 7. The minimum Gasteiger partial charge on any atom is -0.494 e. The van der Waals surface area contributed by atoms with Gasteiger partial charge in [0.1, 0.15) is 59.2 Å². The summed E-state index contributed by atoms with van der Waals surface area (Å²) in [6.45, 7) is 12.4. The van der Waals surface area contributed by atoms with E-state index in [1.54, 1.807) is 0 Å². The van der Waals surface area contributed by atoms with Crippen LogP contribution in [0.4, 0.5) is 0 Å². The number of nitrogens with zero attached hydrogens (tertiary/aromatic N) is 2. The van der Waals surface area contributed by atoms with Gasteiger partial charge in [-0.2, -0.15) is 0 Å². The summed E-state index contributed by atoms with van der Waals surface area (Å²) in [6, 6.07) is 41.3. The Morgan fingerprint density at radius 2 is 0.977 bits per heavy atom. The van der Waals surface area contributed by atoms with Gasteiger partial charge in [0.2, 0.25) is 0 Å². The van der Waals surface area contributed by atoms with Gasteiger partial charge in [-0.3, -0.25) is 4.79 Å². The van der Waals surface area contributed by atoms with Gasteiger partial charge >= 0.3 is 17.9 Å². The third kappa shape index (κ3) is 17.5. The molecule has 1 atom stereocenters. The molecule has 87 heavy (non-hydrogen) atoms. The van der Waals surface area contributed by atoms with Gasteiger partial charge in [0.05, 0.1) is 61.0 Å². The number of ether oxygens (including phenoxy) is 9. The van der Waals surface area contributed by atoms with Crippen LogP contribution in [0.2, 0.25) is 0 Å². The number of esters is 3. The average molecular weight is 1170 g/mol. The van der Waals surface area contributed by atoms with Crippen LogP contribution in [0.5, 0.6) is 40.2 Å². The van der Waals surface area contributed by atoms with Crippen molar-refractivity contribution < 1.29 is 57.0 Å². The molecule has 1 unspecified atom stereocenters. The first-order valence-corrected chi connectivity index (χ1v) is 30.5. The fourth-order valence-electron chi connectivity index (χ4n) is 10.7. The first-order chi connectivity index (χ1) is 42.6. The minimum atomic E-state index is -0.384. The van der Waals surface area contributed by atoms with E-state index in [4.69, 9.17) is 52.6 Å². The second kappa shape index (κ2) is 30.8. The second-order valence-corrected chi connectivity index (χ2v) is 22.3. The van der Waals surface area contributed by atoms with Crippen LogP contribution in [0.1, 0.15) is 102 Å². The highest BCUT2D eigenvalue weighted by atomic mass is 16.5. The molecule has 1 saturated carbocycles. The van der Waals surface area contributed by atoms with E-state index in [0.29, 0.717) is 97.4 Å². The fourth-order valence-corrected chi connectivity index (χ4v) is 10.7. The van der Waals surface area contributed by atoms with Crippen molar-refractivity contribution in [1.29, 1.82) is 0 Å². The van der Waals surface area contributed by atoms with Crippen LogP contribution in [-0.4, -0.2) is 60.9 Å². The molecule has 8 aromatic rings. The Morgan fingerprint density at radius 1 is 0.494 bits per heavy atom. The van der Waals surface area contributed by atoms with Crippen molar-refractivity contribution in [2.24, 2.45) is 17.8 Å². The van der Waals surface area contributed by atoms with Crippen molar-refractivity contribution in [3.8, 4) is 40.2 Å². The summed E-state index contributed by atoms with van der Waals surface area (Å²) in [5, 5.41) is 3.62. The largest absolute Gasteiger partial charge is 0.494 e. The SMILES string of the molecule is C=CC(=O)OCCCCCCOc1ccc(OCc2ccc(COc3ccc4c5ccc(OC(=O)C6CCC(COc7ccc(OCCCCCCOC(=O)C=C)cc7)CC6)cc5c5nc6cc(OC7=CCC(C)C=C7)ccc6nc5c4c3)cc2)cc1. The van der Waals surface area contributed by atoms with Crippen LogP contribution in [0.25, 0.3) is 43.6 Å². The highest BCUT2D eigenvalue weighted by Gasteiger charge is 2.29. The highest BCUT2D eigenvalue weighted by molar-refractivity contribution is 6.24. The van der Waals surface area contributed by atoms with Crippen LogP contribution in [0, 0.1) is 17.8 Å². The summed E-state index contributed by atoms with van der Waals surface area (Å²) in [5.74, 6) is 5.31. The summed E-state index contributed by atoms with van der Waals surface area (Å²) in [5.41, 5.74) is 4.81. The minimum absolute atomic E-state index is 0.222. The van der Waals surface area contributed by atoms with Crippen molar-refractivity contribution in [3.63, 3.8) is 0 Å². The van der Waals surface area contributed by atoms with Crippen molar-refractivity contribution in [1.82, 2.24) is 9.97 Å². The maximum atomic E-state index is 13.9. The Labute approximate surface area is 508 Å². The molecule has 14 heteroatoms. The van der Waals surface area contributed by atoms with E-state index in [2.05, 4.69) is 62.6 Å². The number of hydrogen-bond acceptors (Lipinski definition) is 14. The van der Waals surface area contributed by atoms with Gasteiger partial charge in [0.15, 0.2) is 0 Å². The molecule has 2 aliphatic rings. The van der Waals surface area contributed by atoms with E-state index in [-0.39, 0.29) is 23.8 Å². The predicted molar refractivity (Wildman–Crippen MR) is 338 cm³/mol. The Hall–Kier alpha value is -9.17. The summed E-state index contributed by atoms with van der Waals surface area (Å²) < 4.78 is 53.2. The molecule has 2 aliphatic carbocycles. The molecule has 1 heterocycles. The Morgan fingerprint density at radius 3 is 1.53 bits per heavy atom. The molecule has 0 spiro atoms.